The molecule has 1 unspecified atom stereocenters. The van der Waals surface area contributed by atoms with E-state index in [1.807, 2.05) is 0 Å². The van der Waals surface area contributed by atoms with Crippen molar-refractivity contribution in [2.75, 3.05) is 6.61 Å². The van der Waals surface area contributed by atoms with Crippen molar-refractivity contribution in [1.82, 2.24) is 5.09 Å². The Morgan fingerprint density at radius 3 is 2.53 bits per heavy atom. The fourth-order valence-electron chi connectivity index (χ4n) is 3.51. The molecule has 0 radical (unpaired) electrons. The van der Waals surface area contributed by atoms with Crippen LogP contribution in [0.25, 0.3) is 0 Å². The number of hydrogen-bond donors (Lipinski definition) is 3. The van der Waals surface area contributed by atoms with E-state index in [9.17, 15) is 23.2 Å². The van der Waals surface area contributed by atoms with Crippen LogP contribution in [0.1, 0.15) is 39.0 Å². The summed E-state index contributed by atoms with van der Waals surface area (Å²) in [6.45, 7) is 0.437. The topological polar surface area (TPSA) is 124 Å². The molecule has 5 atom stereocenters. The van der Waals surface area contributed by atoms with Crippen LogP contribution in [0.2, 0.25) is 0 Å². The predicted octanol–water partition coefficient (Wildman–Crippen LogP) is 2.76. The van der Waals surface area contributed by atoms with Gasteiger partial charge in [0.2, 0.25) is 6.29 Å². The van der Waals surface area contributed by atoms with Gasteiger partial charge in [-0.3, -0.25) is 9.32 Å². The van der Waals surface area contributed by atoms with Gasteiger partial charge in [-0.15, -0.1) is 0 Å². The van der Waals surface area contributed by atoms with Crippen LogP contribution < -0.4 is 9.61 Å². The fraction of sp³-hybridized carbons (Fsp3) is 0.650. The van der Waals surface area contributed by atoms with E-state index >= 15 is 0 Å². The van der Waals surface area contributed by atoms with Crippen molar-refractivity contribution >= 4 is 13.7 Å². The molecule has 3 N–H and O–H groups in total. The summed E-state index contributed by atoms with van der Waals surface area (Å²) in [5, 5.41) is 21.2. The molecule has 0 bridgehead atoms. The van der Waals surface area contributed by atoms with Crippen LogP contribution in [0.15, 0.2) is 30.3 Å². The van der Waals surface area contributed by atoms with Crippen molar-refractivity contribution in [3.8, 4) is 5.75 Å². The lowest BCUT2D eigenvalue weighted by Crippen LogP contribution is -2.43. The number of halogens is 2. The van der Waals surface area contributed by atoms with E-state index in [1.165, 1.54) is 19.1 Å². The van der Waals surface area contributed by atoms with E-state index in [4.69, 9.17) is 23.6 Å². The van der Waals surface area contributed by atoms with Crippen LogP contribution in [0.4, 0.5) is 8.78 Å². The number of benzene rings is 1. The molecule has 2 aliphatic rings. The number of rotatable bonds is 9. The molecule has 0 aromatic heterocycles. The minimum Gasteiger partial charge on any atom is -0.461 e. The summed E-state index contributed by atoms with van der Waals surface area (Å²) in [6, 6.07) is 6.40. The Kier molecular flexibility index (Phi) is 8.24. The highest BCUT2D eigenvalue weighted by atomic mass is 31.2. The number of para-hydroxylation sites is 1. The number of carbonyl (C=O) groups is 1. The molecule has 12 heteroatoms. The van der Waals surface area contributed by atoms with Gasteiger partial charge in [0.1, 0.15) is 24.0 Å². The Bertz CT molecular complexity index is 808. The minimum absolute atomic E-state index is 0.0248. The first-order valence-electron chi connectivity index (χ1n) is 10.5. The Morgan fingerprint density at radius 2 is 1.94 bits per heavy atom. The lowest BCUT2D eigenvalue weighted by atomic mass is 9.98. The summed E-state index contributed by atoms with van der Waals surface area (Å²) in [6.07, 6.45) is -2.42. The second-order valence-electron chi connectivity index (χ2n) is 7.86. The van der Waals surface area contributed by atoms with Gasteiger partial charge in [-0.25, -0.2) is 4.57 Å². The maximum absolute atomic E-state index is 14.4. The van der Waals surface area contributed by atoms with E-state index < -0.39 is 50.8 Å². The highest BCUT2D eigenvalue weighted by Crippen LogP contribution is 2.51. The van der Waals surface area contributed by atoms with Gasteiger partial charge in [0.05, 0.1) is 6.61 Å². The minimum atomic E-state index is -4.65. The molecule has 1 heterocycles. The van der Waals surface area contributed by atoms with Crippen LogP contribution in [-0.2, 0) is 23.4 Å². The molecule has 9 nitrogen and oxygen atoms in total. The van der Waals surface area contributed by atoms with Crippen LogP contribution in [0.3, 0.4) is 0 Å². The second kappa shape index (κ2) is 10.5. The standard InChI is InChI=1S/C20H28F2NO8P/c1-13(18(26)28-14-8-4-2-5-9-14)23-32(27,30-15-10-6-3-7-11-15)31-19-20(21,22)17(25)16(12-24)29-19/h3,6-7,10-11,13-14,16-17,19,24-25H,2,4-5,8-9,12H2,1H3,(H,23,27)/t13-,16+,17+,19-,32?/m0/s1. The van der Waals surface area contributed by atoms with Gasteiger partial charge < -0.3 is 24.2 Å². The number of aliphatic hydroxyl groups is 2. The second-order valence-corrected chi connectivity index (χ2v) is 9.51. The Hall–Kier alpha value is -1.62. The Balaban J connectivity index is 1.75. The average molecular weight is 479 g/mol. The van der Waals surface area contributed by atoms with Crippen LogP contribution >= 0.6 is 7.75 Å². The van der Waals surface area contributed by atoms with Crippen molar-refractivity contribution in [3.63, 3.8) is 0 Å². The number of aliphatic hydroxyl groups excluding tert-OH is 2. The van der Waals surface area contributed by atoms with E-state index in [0.29, 0.717) is 0 Å². The SMILES string of the molecule is C[C@H](NP(=O)(Oc1ccccc1)O[C@@H]1O[C@H](CO)[C@@H](O)C1(F)F)C(=O)OC1CCCCC1. The molecular weight excluding hydrogens is 451 g/mol. The number of ether oxygens (including phenoxy) is 2. The van der Waals surface area contributed by atoms with Gasteiger partial charge in [0.15, 0.2) is 6.10 Å². The lowest BCUT2D eigenvalue weighted by molar-refractivity contribution is -0.188. The number of esters is 1. The zero-order chi connectivity index (χ0) is 23.4. The molecule has 1 aromatic rings. The van der Waals surface area contributed by atoms with Crippen LogP contribution in [0.5, 0.6) is 5.75 Å². The number of hydrogen-bond acceptors (Lipinski definition) is 8. The molecule has 1 aliphatic carbocycles. The van der Waals surface area contributed by atoms with E-state index in [1.54, 1.807) is 18.2 Å². The van der Waals surface area contributed by atoms with Gasteiger partial charge in [-0.2, -0.15) is 13.9 Å². The van der Waals surface area contributed by atoms with Crippen molar-refractivity contribution in [2.24, 2.45) is 0 Å². The molecule has 2 fully saturated rings. The van der Waals surface area contributed by atoms with Gasteiger partial charge in [0.25, 0.3) is 0 Å². The molecule has 1 aromatic carbocycles. The van der Waals surface area contributed by atoms with Gasteiger partial charge in [0, 0.05) is 0 Å². The smallest absolute Gasteiger partial charge is 0.461 e. The third-order valence-corrected chi connectivity index (χ3v) is 6.91. The van der Waals surface area contributed by atoms with Crippen molar-refractivity contribution in [3.05, 3.63) is 30.3 Å². The van der Waals surface area contributed by atoms with Gasteiger partial charge in [-0.1, -0.05) is 24.6 Å². The highest BCUT2D eigenvalue weighted by molar-refractivity contribution is 7.52. The monoisotopic (exact) mass is 479 g/mol. The predicted molar refractivity (Wildman–Crippen MR) is 108 cm³/mol. The summed E-state index contributed by atoms with van der Waals surface area (Å²) in [7, 11) is -4.65. The van der Waals surface area contributed by atoms with Crippen molar-refractivity contribution < 1.29 is 46.9 Å². The van der Waals surface area contributed by atoms with Gasteiger partial charge >= 0.3 is 19.6 Å². The quantitative estimate of drug-likeness (QED) is 0.362. The molecule has 1 aliphatic heterocycles. The third kappa shape index (κ3) is 6.03. The summed E-state index contributed by atoms with van der Waals surface area (Å²) in [5.74, 6) is -4.70. The van der Waals surface area contributed by atoms with Gasteiger partial charge in [-0.05, 0) is 44.7 Å². The fourth-order valence-corrected chi connectivity index (χ4v) is 5.09. The summed E-state index contributed by atoms with van der Waals surface area (Å²) in [4.78, 5) is 12.5. The first kappa shape index (κ1) is 25.0. The van der Waals surface area contributed by atoms with Crippen molar-refractivity contribution in [2.45, 2.75) is 75.6 Å². The first-order chi connectivity index (χ1) is 15.1. The Labute approximate surface area is 184 Å². The number of carbonyl (C=O) groups excluding carboxylic acids is 1. The molecule has 3 rings (SSSR count). The maximum atomic E-state index is 14.4. The summed E-state index contributed by atoms with van der Waals surface area (Å²) >= 11 is 0. The molecule has 180 valence electrons. The van der Waals surface area contributed by atoms with E-state index in [2.05, 4.69) is 5.09 Å². The van der Waals surface area contributed by atoms with Crippen LogP contribution in [-0.4, -0.2) is 59.4 Å². The zero-order valence-corrected chi connectivity index (χ0v) is 18.5. The number of nitrogens with one attached hydrogen (secondary N) is 1. The molecule has 1 saturated heterocycles. The number of alkyl halides is 2. The molecule has 0 spiro atoms. The van der Waals surface area contributed by atoms with Crippen molar-refractivity contribution in [1.29, 1.82) is 0 Å². The normalized spacial score (nSPS) is 28.6. The molecular formula is C20H28F2NO8P. The lowest BCUT2D eigenvalue weighted by Gasteiger charge is -2.28. The van der Waals surface area contributed by atoms with E-state index in [0.717, 1.165) is 32.1 Å². The molecule has 0 amide bonds. The first-order valence-corrected chi connectivity index (χ1v) is 12.0. The van der Waals surface area contributed by atoms with E-state index in [-0.39, 0.29) is 11.9 Å². The average Bonchev–Trinajstić information content (AvgIpc) is 2.97. The highest BCUT2D eigenvalue weighted by Gasteiger charge is 2.61. The maximum Gasteiger partial charge on any atom is 0.462 e. The summed E-state index contributed by atoms with van der Waals surface area (Å²) in [5.41, 5.74) is 0. The Morgan fingerprint density at radius 1 is 1.28 bits per heavy atom. The summed E-state index contributed by atoms with van der Waals surface area (Å²) < 4.78 is 62.8. The zero-order valence-electron chi connectivity index (χ0n) is 17.6. The molecule has 1 saturated carbocycles. The van der Waals surface area contributed by atoms with Crippen LogP contribution in [0, 0.1) is 0 Å². The largest absolute Gasteiger partial charge is 0.462 e. The molecule has 32 heavy (non-hydrogen) atoms. The third-order valence-electron chi connectivity index (χ3n) is 5.28.